The zero-order chi connectivity index (χ0) is 12.3. The van der Waals surface area contributed by atoms with Crippen LogP contribution in [0.5, 0.6) is 0 Å². The van der Waals surface area contributed by atoms with Gasteiger partial charge in [0.1, 0.15) is 6.54 Å². The molecule has 0 radical (unpaired) electrons. The van der Waals surface area contributed by atoms with Crippen molar-refractivity contribution in [3.05, 3.63) is 35.0 Å². The third-order valence-corrected chi connectivity index (χ3v) is 4.39. The van der Waals surface area contributed by atoms with Crippen LogP contribution in [0.3, 0.4) is 0 Å². The average Bonchev–Trinajstić information content (AvgIpc) is 2.82. The summed E-state index contributed by atoms with van der Waals surface area (Å²) in [7, 11) is 0. The fraction of sp³-hybridized carbons (Fsp3) is 0.400. The summed E-state index contributed by atoms with van der Waals surface area (Å²) in [6, 6.07) is 6.45. The molecule has 1 aromatic heterocycles. The Morgan fingerprint density at radius 3 is 3.17 bits per heavy atom. The predicted molar refractivity (Wildman–Crippen MR) is 70.5 cm³/mol. The number of fused-ring (bicyclic) bond motifs is 3. The smallest absolute Gasteiger partial charge is 0.240 e. The molecule has 2 aromatic rings. The zero-order valence-electron chi connectivity index (χ0n) is 10.5. The molecular weight excluding hydrogens is 224 g/mol. The summed E-state index contributed by atoms with van der Waals surface area (Å²) in [5.74, 6) is 0.705. The fourth-order valence-corrected chi connectivity index (χ4v) is 3.60. The van der Waals surface area contributed by atoms with Gasteiger partial charge in [-0.2, -0.15) is 0 Å². The molecule has 92 valence electrons. The second kappa shape index (κ2) is 3.37. The van der Waals surface area contributed by atoms with Gasteiger partial charge in [-0.1, -0.05) is 25.1 Å². The molecule has 0 saturated heterocycles. The van der Waals surface area contributed by atoms with Gasteiger partial charge in [0, 0.05) is 17.6 Å². The number of benzene rings is 1. The molecule has 1 amide bonds. The Labute approximate surface area is 106 Å². The molecule has 0 spiro atoms. The number of carbonyl (C=O) groups excluding carboxylic acids is 1. The highest BCUT2D eigenvalue weighted by Gasteiger charge is 2.29. The lowest BCUT2D eigenvalue weighted by Gasteiger charge is -2.10. The van der Waals surface area contributed by atoms with Gasteiger partial charge in [0.15, 0.2) is 0 Å². The van der Waals surface area contributed by atoms with Crippen molar-refractivity contribution in [3.8, 4) is 0 Å². The Kier molecular flexibility index (Phi) is 1.91. The van der Waals surface area contributed by atoms with E-state index in [-0.39, 0.29) is 5.91 Å². The maximum Gasteiger partial charge on any atom is 0.240 e. The third kappa shape index (κ3) is 1.17. The Morgan fingerprint density at radius 2 is 2.28 bits per heavy atom. The van der Waals surface area contributed by atoms with E-state index in [4.69, 9.17) is 0 Å². The van der Waals surface area contributed by atoms with Crippen molar-refractivity contribution in [2.45, 2.75) is 38.8 Å². The molecular formula is C15H16N2O. The van der Waals surface area contributed by atoms with Crippen LogP contribution in [0, 0.1) is 0 Å². The molecule has 18 heavy (non-hydrogen) atoms. The predicted octanol–water partition coefficient (Wildman–Crippen LogP) is 2.32. The van der Waals surface area contributed by atoms with E-state index < -0.39 is 0 Å². The van der Waals surface area contributed by atoms with E-state index in [0.717, 1.165) is 6.42 Å². The first-order chi connectivity index (χ1) is 8.75. The Balaban J connectivity index is 2.13. The SMILES string of the molecule is CC1CCc2c1n1c3c(cccc23)CNC(=O)C1. The summed E-state index contributed by atoms with van der Waals surface area (Å²) in [5, 5.41) is 4.35. The van der Waals surface area contributed by atoms with Gasteiger partial charge in [-0.05, 0) is 29.9 Å². The van der Waals surface area contributed by atoms with Crippen LogP contribution in [0.2, 0.25) is 0 Å². The largest absolute Gasteiger partial charge is 0.350 e. The molecule has 1 N–H and O–H groups in total. The van der Waals surface area contributed by atoms with Crippen LogP contribution in [0.25, 0.3) is 10.9 Å². The first kappa shape index (κ1) is 10.2. The molecule has 1 unspecified atom stereocenters. The van der Waals surface area contributed by atoms with Gasteiger partial charge in [0.05, 0.1) is 5.52 Å². The van der Waals surface area contributed by atoms with E-state index in [2.05, 4.69) is 35.0 Å². The Bertz CT molecular complexity index is 669. The third-order valence-electron chi connectivity index (χ3n) is 4.39. The molecule has 1 aliphatic carbocycles. The molecule has 3 heteroatoms. The quantitative estimate of drug-likeness (QED) is 0.753. The normalized spacial score (nSPS) is 21.8. The number of carbonyl (C=O) groups is 1. The molecule has 0 saturated carbocycles. The summed E-state index contributed by atoms with van der Waals surface area (Å²) < 4.78 is 2.26. The zero-order valence-corrected chi connectivity index (χ0v) is 10.5. The van der Waals surface area contributed by atoms with Crippen molar-refractivity contribution in [2.24, 2.45) is 0 Å². The molecule has 4 rings (SSSR count). The van der Waals surface area contributed by atoms with Gasteiger partial charge < -0.3 is 9.88 Å². The first-order valence-corrected chi connectivity index (χ1v) is 6.65. The fourth-order valence-electron chi connectivity index (χ4n) is 3.60. The van der Waals surface area contributed by atoms with Crippen molar-refractivity contribution in [1.82, 2.24) is 9.88 Å². The number of aryl methyl sites for hydroxylation is 1. The lowest BCUT2D eigenvalue weighted by atomic mass is 10.1. The number of nitrogens with one attached hydrogen (secondary N) is 1. The molecule has 1 aliphatic heterocycles. The molecule has 3 nitrogen and oxygen atoms in total. The number of rotatable bonds is 0. The number of aromatic nitrogens is 1. The minimum absolute atomic E-state index is 0.130. The van der Waals surface area contributed by atoms with E-state index in [0.29, 0.717) is 19.0 Å². The number of hydrogen-bond donors (Lipinski definition) is 1. The van der Waals surface area contributed by atoms with Gasteiger partial charge in [-0.15, -0.1) is 0 Å². The van der Waals surface area contributed by atoms with Crippen LogP contribution >= 0.6 is 0 Å². The van der Waals surface area contributed by atoms with Crippen molar-refractivity contribution in [2.75, 3.05) is 0 Å². The second-order valence-electron chi connectivity index (χ2n) is 5.48. The van der Waals surface area contributed by atoms with Gasteiger partial charge in [0.25, 0.3) is 0 Å². The lowest BCUT2D eigenvalue weighted by molar-refractivity contribution is -0.121. The highest BCUT2D eigenvalue weighted by Crippen LogP contribution is 2.41. The molecule has 0 fully saturated rings. The van der Waals surface area contributed by atoms with E-state index in [1.54, 1.807) is 0 Å². The van der Waals surface area contributed by atoms with Crippen LogP contribution in [0.4, 0.5) is 0 Å². The standard InChI is InChI=1S/C15H16N2O/c1-9-5-6-12-11-4-2-3-10-7-16-13(18)8-17(14(9)12)15(10)11/h2-4,9H,5-8H2,1H3,(H,16,18). The van der Waals surface area contributed by atoms with Crippen molar-refractivity contribution in [3.63, 3.8) is 0 Å². The summed E-state index contributed by atoms with van der Waals surface area (Å²) in [6.07, 6.45) is 2.37. The molecule has 2 aliphatic rings. The minimum Gasteiger partial charge on any atom is -0.350 e. The van der Waals surface area contributed by atoms with Crippen LogP contribution in [0.1, 0.15) is 36.1 Å². The molecule has 1 aromatic carbocycles. The summed E-state index contributed by atoms with van der Waals surface area (Å²) >= 11 is 0. The lowest BCUT2D eigenvalue weighted by Crippen LogP contribution is -2.24. The van der Waals surface area contributed by atoms with Gasteiger partial charge in [-0.25, -0.2) is 0 Å². The first-order valence-electron chi connectivity index (χ1n) is 6.65. The molecule has 2 heterocycles. The minimum atomic E-state index is 0.130. The molecule has 0 bridgehead atoms. The van der Waals surface area contributed by atoms with E-state index in [9.17, 15) is 4.79 Å². The maximum absolute atomic E-state index is 11.9. The molecule has 1 atom stereocenters. The number of hydrogen-bond acceptors (Lipinski definition) is 1. The van der Waals surface area contributed by atoms with Gasteiger partial charge >= 0.3 is 0 Å². The highest BCUT2D eigenvalue weighted by atomic mass is 16.1. The summed E-state index contributed by atoms with van der Waals surface area (Å²) in [5.41, 5.74) is 5.41. The van der Waals surface area contributed by atoms with Crippen molar-refractivity contribution in [1.29, 1.82) is 0 Å². The van der Waals surface area contributed by atoms with Crippen molar-refractivity contribution < 1.29 is 4.79 Å². The number of nitrogens with zero attached hydrogens (tertiary/aromatic N) is 1. The summed E-state index contributed by atoms with van der Waals surface area (Å²) in [4.78, 5) is 11.9. The van der Waals surface area contributed by atoms with Crippen LogP contribution in [-0.2, 0) is 24.3 Å². The van der Waals surface area contributed by atoms with Crippen LogP contribution in [0.15, 0.2) is 18.2 Å². The van der Waals surface area contributed by atoms with Crippen molar-refractivity contribution >= 4 is 16.8 Å². The van der Waals surface area contributed by atoms with Crippen LogP contribution < -0.4 is 5.32 Å². The number of amides is 1. The average molecular weight is 240 g/mol. The van der Waals surface area contributed by atoms with Crippen LogP contribution in [-0.4, -0.2) is 10.5 Å². The topological polar surface area (TPSA) is 34.0 Å². The number of para-hydroxylation sites is 1. The summed E-state index contributed by atoms with van der Waals surface area (Å²) in [6.45, 7) is 3.41. The Hall–Kier alpha value is -1.77. The second-order valence-corrected chi connectivity index (χ2v) is 5.48. The Morgan fingerprint density at radius 1 is 1.39 bits per heavy atom. The van der Waals surface area contributed by atoms with E-state index in [1.165, 1.54) is 34.1 Å². The van der Waals surface area contributed by atoms with Gasteiger partial charge in [-0.3, -0.25) is 4.79 Å². The van der Waals surface area contributed by atoms with E-state index in [1.807, 2.05) is 0 Å². The highest BCUT2D eigenvalue weighted by molar-refractivity contribution is 5.92. The van der Waals surface area contributed by atoms with E-state index >= 15 is 0 Å². The van der Waals surface area contributed by atoms with Gasteiger partial charge in [0.2, 0.25) is 5.91 Å². The maximum atomic E-state index is 11.9. The monoisotopic (exact) mass is 240 g/mol.